The van der Waals surface area contributed by atoms with Crippen molar-refractivity contribution in [1.29, 1.82) is 0 Å². The molecule has 1 atom stereocenters. The van der Waals surface area contributed by atoms with Gasteiger partial charge in [-0.15, -0.1) is 0 Å². The summed E-state index contributed by atoms with van der Waals surface area (Å²) in [6.07, 6.45) is 6.19. The van der Waals surface area contributed by atoms with Crippen LogP contribution in [-0.4, -0.2) is 46.5 Å². The van der Waals surface area contributed by atoms with Crippen molar-refractivity contribution in [1.82, 2.24) is 14.9 Å². The zero-order chi connectivity index (χ0) is 28.2. The standard InChI is InChI=1S/C31H31N5O4/c1-39-27-17-19(15-22-18-34-31(33)35-30(22)32)16-25(29(27)40-2)26(38)12-14-36-13-11-20-5-3-4-6-24(20)28(36)21-7-9-23(37)10-8-21/h3-10,12,14,16-18,28,37H,11,13,15H2,1-2H3,(H4,32,33,34,35)/b14-12+. The first-order valence-corrected chi connectivity index (χ1v) is 12.8. The molecule has 0 saturated carbocycles. The first kappa shape index (κ1) is 26.6. The lowest BCUT2D eigenvalue weighted by atomic mass is 9.88. The molecule has 0 amide bonds. The fourth-order valence-corrected chi connectivity index (χ4v) is 5.12. The molecule has 0 fully saturated rings. The fourth-order valence-electron chi connectivity index (χ4n) is 5.12. The highest BCUT2D eigenvalue weighted by Crippen LogP contribution is 2.37. The van der Waals surface area contributed by atoms with Gasteiger partial charge >= 0.3 is 0 Å². The van der Waals surface area contributed by atoms with Gasteiger partial charge in [0.05, 0.1) is 25.8 Å². The number of allylic oxidation sites excluding steroid dienone is 1. The molecule has 3 aromatic carbocycles. The van der Waals surface area contributed by atoms with Crippen molar-refractivity contribution in [2.75, 3.05) is 32.2 Å². The number of aromatic hydroxyl groups is 1. The molecule has 4 aromatic rings. The first-order valence-electron chi connectivity index (χ1n) is 12.8. The molecular formula is C31H31N5O4. The number of ether oxygens (including phenoxy) is 2. The van der Waals surface area contributed by atoms with Gasteiger partial charge in [-0.1, -0.05) is 36.4 Å². The summed E-state index contributed by atoms with van der Waals surface area (Å²) in [5.41, 5.74) is 17.0. The minimum absolute atomic E-state index is 0.0977. The van der Waals surface area contributed by atoms with Crippen molar-refractivity contribution in [3.05, 3.63) is 113 Å². The van der Waals surface area contributed by atoms with Crippen molar-refractivity contribution in [2.24, 2.45) is 0 Å². The van der Waals surface area contributed by atoms with Crippen LogP contribution in [0.15, 0.2) is 79.1 Å². The number of carbonyl (C=O) groups excluding carboxylic acids is 1. The number of nitrogen functional groups attached to an aromatic ring is 2. The molecule has 204 valence electrons. The Balaban J connectivity index is 1.48. The summed E-state index contributed by atoms with van der Waals surface area (Å²) >= 11 is 0. The van der Waals surface area contributed by atoms with Crippen LogP contribution >= 0.6 is 0 Å². The van der Waals surface area contributed by atoms with Gasteiger partial charge in [0.25, 0.3) is 0 Å². The number of ketones is 1. The number of nitrogens with two attached hydrogens (primary N) is 2. The number of rotatable bonds is 8. The molecule has 0 bridgehead atoms. The molecule has 0 aliphatic carbocycles. The van der Waals surface area contributed by atoms with Crippen LogP contribution in [0, 0.1) is 0 Å². The zero-order valence-corrected chi connectivity index (χ0v) is 22.4. The van der Waals surface area contributed by atoms with Crippen LogP contribution in [0.25, 0.3) is 0 Å². The van der Waals surface area contributed by atoms with E-state index in [2.05, 4.69) is 27.0 Å². The minimum atomic E-state index is -0.234. The molecule has 5 N–H and O–H groups in total. The number of fused-ring (bicyclic) bond motifs is 1. The van der Waals surface area contributed by atoms with Gasteiger partial charge in [0.1, 0.15) is 11.6 Å². The van der Waals surface area contributed by atoms with Gasteiger partial charge in [0.2, 0.25) is 5.95 Å². The van der Waals surface area contributed by atoms with Crippen LogP contribution in [0.2, 0.25) is 0 Å². The molecule has 5 rings (SSSR count). The molecule has 1 unspecified atom stereocenters. The summed E-state index contributed by atoms with van der Waals surface area (Å²) in [5.74, 6) is 1.13. The van der Waals surface area contributed by atoms with Crippen LogP contribution < -0.4 is 20.9 Å². The molecule has 9 nitrogen and oxygen atoms in total. The maximum atomic E-state index is 13.6. The Morgan fingerprint density at radius 3 is 2.60 bits per heavy atom. The number of phenols is 1. The molecule has 9 heteroatoms. The van der Waals surface area contributed by atoms with Gasteiger partial charge in [0.15, 0.2) is 17.3 Å². The Kier molecular flexibility index (Phi) is 7.54. The topological polar surface area (TPSA) is 137 Å². The van der Waals surface area contributed by atoms with Crippen LogP contribution in [0.3, 0.4) is 0 Å². The Morgan fingerprint density at radius 1 is 1.10 bits per heavy atom. The van der Waals surface area contributed by atoms with Gasteiger partial charge in [-0.2, -0.15) is 4.98 Å². The van der Waals surface area contributed by atoms with Crippen molar-refractivity contribution in [2.45, 2.75) is 18.9 Å². The number of anilines is 2. The Labute approximate surface area is 232 Å². The van der Waals surface area contributed by atoms with E-state index < -0.39 is 0 Å². The summed E-state index contributed by atoms with van der Waals surface area (Å²) in [6, 6.07) is 19.0. The largest absolute Gasteiger partial charge is 0.508 e. The maximum absolute atomic E-state index is 13.6. The highest BCUT2D eigenvalue weighted by Gasteiger charge is 2.27. The SMILES string of the molecule is COc1cc(Cc2cnc(N)nc2N)cc(C(=O)/C=C/N2CCc3ccccc3C2c2ccc(O)cc2)c1OC. The van der Waals surface area contributed by atoms with Gasteiger partial charge in [-0.25, -0.2) is 4.98 Å². The molecule has 40 heavy (non-hydrogen) atoms. The molecule has 2 heterocycles. The number of nitrogens with zero attached hydrogens (tertiary/aromatic N) is 3. The number of benzene rings is 3. The lowest BCUT2D eigenvalue weighted by Gasteiger charge is -2.37. The molecular weight excluding hydrogens is 506 g/mol. The number of hydrogen-bond donors (Lipinski definition) is 3. The summed E-state index contributed by atoms with van der Waals surface area (Å²) in [4.78, 5) is 23.8. The van der Waals surface area contributed by atoms with E-state index in [1.807, 2.05) is 30.5 Å². The number of carbonyl (C=O) groups is 1. The highest BCUT2D eigenvalue weighted by atomic mass is 16.5. The van der Waals surface area contributed by atoms with Crippen LogP contribution in [-0.2, 0) is 12.8 Å². The zero-order valence-electron chi connectivity index (χ0n) is 22.4. The fraction of sp³-hybridized carbons (Fsp3) is 0.194. The highest BCUT2D eigenvalue weighted by molar-refractivity contribution is 6.07. The number of aromatic nitrogens is 2. The molecule has 0 saturated heterocycles. The van der Waals surface area contributed by atoms with E-state index in [9.17, 15) is 9.90 Å². The minimum Gasteiger partial charge on any atom is -0.508 e. The summed E-state index contributed by atoms with van der Waals surface area (Å²) in [7, 11) is 3.03. The second-order valence-corrected chi connectivity index (χ2v) is 9.56. The van der Waals surface area contributed by atoms with Crippen molar-refractivity contribution < 1.29 is 19.4 Å². The summed E-state index contributed by atoms with van der Waals surface area (Å²) in [5, 5.41) is 9.84. The number of methoxy groups -OCH3 is 2. The Hall–Kier alpha value is -5.05. The lowest BCUT2D eigenvalue weighted by Crippen LogP contribution is -2.32. The molecule has 1 aliphatic heterocycles. The van der Waals surface area contributed by atoms with E-state index in [1.165, 1.54) is 25.3 Å². The third-order valence-corrected chi connectivity index (χ3v) is 7.06. The second kappa shape index (κ2) is 11.4. The smallest absolute Gasteiger partial charge is 0.221 e. The average Bonchev–Trinajstić information content (AvgIpc) is 2.97. The molecule has 0 spiro atoms. The Morgan fingerprint density at radius 2 is 1.88 bits per heavy atom. The van der Waals surface area contributed by atoms with E-state index in [1.54, 1.807) is 36.5 Å². The van der Waals surface area contributed by atoms with Crippen LogP contribution in [0.4, 0.5) is 11.8 Å². The van der Waals surface area contributed by atoms with E-state index in [4.69, 9.17) is 20.9 Å². The van der Waals surface area contributed by atoms with E-state index in [-0.39, 0.29) is 29.3 Å². The number of hydrogen-bond acceptors (Lipinski definition) is 9. The summed E-state index contributed by atoms with van der Waals surface area (Å²) < 4.78 is 11.1. The van der Waals surface area contributed by atoms with Crippen molar-refractivity contribution in [3.63, 3.8) is 0 Å². The average molecular weight is 538 g/mol. The predicted molar refractivity (Wildman–Crippen MR) is 153 cm³/mol. The van der Waals surface area contributed by atoms with Gasteiger partial charge < -0.3 is 30.9 Å². The van der Waals surface area contributed by atoms with Crippen molar-refractivity contribution in [3.8, 4) is 17.2 Å². The lowest BCUT2D eigenvalue weighted by molar-refractivity contribution is 0.104. The summed E-state index contributed by atoms with van der Waals surface area (Å²) in [6.45, 7) is 0.725. The van der Waals surface area contributed by atoms with Crippen molar-refractivity contribution >= 4 is 17.5 Å². The quantitative estimate of drug-likeness (QED) is 0.222. The third kappa shape index (κ3) is 5.40. The van der Waals surface area contributed by atoms with Crippen LogP contribution in [0.5, 0.6) is 17.2 Å². The maximum Gasteiger partial charge on any atom is 0.221 e. The monoisotopic (exact) mass is 537 g/mol. The second-order valence-electron chi connectivity index (χ2n) is 9.56. The van der Waals surface area contributed by atoms with Gasteiger partial charge in [-0.05, 0) is 52.9 Å². The third-order valence-electron chi connectivity index (χ3n) is 7.06. The van der Waals surface area contributed by atoms with Gasteiger partial charge in [0, 0.05) is 37.0 Å². The predicted octanol–water partition coefficient (Wildman–Crippen LogP) is 4.30. The Bertz CT molecular complexity index is 1570. The number of phenolic OH excluding ortho intramolecular Hbond substituents is 1. The van der Waals surface area contributed by atoms with Crippen LogP contribution in [0.1, 0.15) is 44.2 Å². The van der Waals surface area contributed by atoms with E-state index >= 15 is 0 Å². The van der Waals surface area contributed by atoms with E-state index in [0.717, 1.165) is 24.1 Å². The molecule has 0 radical (unpaired) electrons. The first-order chi connectivity index (χ1) is 19.4. The normalized spacial score (nSPS) is 14.7. The molecule has 1 aromatic heterocycles. The van der Waals surface area contributed by atoms with E-state index in [0.29, 0.717) is 29.0 Å². The molecule has 1 aliphatic rings. The van der Waals surface area contributed by atoms with Gasteiger partial charge in [-0.3, -0.25) is 4.79 Å².